The largest absolute Gasteiger partial charge is 0.429 e. The molecular weight excluding hydrogens is 511 g/mol. The maximum absolute atomic E-state index is 14.3. The maximum Gasteiger partial charge on any atom is 0.429 e. The summed E-state index contributed by atoms with van der Waals surface area (Å²) in [5.41, 5.74) is -3.33. The number of hydrogen-bond donors (Lipinski definition) is 1. The third kappa shape index (κ3) is 5.19. The van der Waals surface area contributed by atoms with Gasteiger partial charge in [-0.2, -0.15) is 17.9 Å². The zero-order chi connectivity index (χ0) is 26.7. The van der Waals surface area contributed by atoms with Crippen LogP contribution in [-0.4, -0.2) is 47.0 Å². The first-order valence-electron chi connectivity index (χ1n) is 10.9. The number of aliphatic hydroxyl groups is 1. The number of tetrazole rings is 1. The first-order chi connectivity index (χ1) is 17.5. The molecule has 0 saturated carbocycles. The van der Waals surface area contributed by atoms with E-state index in [1.54, 1.807) is 42.5 Å². The predicted octanol–water partition coefficient (Wildman–Crippen LogP) is 3.47. The Balaban J connectivity index is 1.62. The third-order valence-electron chi connectivity index (χ3n) is 5.64. The summed E-state index contributed by atoms with van der Waals surface area (Å²) in [5, 5.41) is 21.3. The zero-order valence-corrected chi connectivity index (χ0v) is 20.3. The van der Waals surface area contributed by atoms with Crippen LogP contribution in [0.4, 0.5) is 18.9 Å². The number of halogens is 3. The van der Waals surface area contributed by atoms with E-state index in [1.807, 2.05) is 6.07 Å². The smallest absolute Gasteiger partial charge is 0.370 e. The van der Waals surface area contributed by atoms with Crippen LogP contribution in [0.3, 0.4) is 0 Å². The highest BCUT2D eigenvalue weighted by molar-refractivity contribution is 7.92. The summed E-state index contributed by atoms with van der Waals surface area (Å²) < 4.78 is 75.7. The molecule has 1 atom stereocenters. The van der Waals surface area contributed by atoms with E-state index in [1.165, 1.54) is 19.2 Å². The summed E-state index contributed by atoms with van der Waals surface area (Å²) in [6.45, 7) is -0.368. The van der Waals surface area contributed by atoms with Crippen molar-refractivity contribution in [1.82, 2.24) is 20.2 Å². The molecule has 0 spiro atoms. The summed E-state index contributed by atoms with van der Waals surface area (Å²) in [7, 11) is -2.68. The Morgan fingerprint density at radius 1 is 0.946 bits per heavy atom. The van der Waals surface area contributed by atoms with E-state index in [-0.39, 0.29) is 17.2 Å². The molecule has 0 fully saturated rings. The van der Waals surface area contributed by atoms with Crippen molar-refractivity contribution < 1.29 is 31.4 Å². The quantitative estimate of drug-likeness (QED) is 0.351. The highest BCUT2D eigenvalue weighted by atomic mass is 32.2. The lowest BCUT2D eigenvalue weighted by Crippen LogP contribution is -2.45. The molecule has 13 heteroatoms. The van der Waals surface area contributed by atoms with Crippen molar-refractivity contribution in [1.29, 1.82) is 0 Å². The minimum Gasteiger partial charge on any atom is -0.370 e. The first-order valence-corrected chi connectivity index (χ1v) is 12.3. The molecule has 0 bridgehead atoms. The fourth-order valence-electron chi connectivity index (χ4n) is 3.60. The molecule has 1 heterocycles. The van der Waals surface area contributed by atoms with Gasteiger partial charge >= 0.3 is 6.18 Å². The van der Waals surface area contributed by atoms with Crippen molar-refractivity contribution in [2.24, 2.45) is 0 Å². The van der Waals surface area contributed by atoms with Crippen molar-refractivity contribution >= 4 is 15.7 Å². The molecule has 0 saturated heterocycles. The van der Waals surface area contributed by atoms with E-state index in [4.69, 9.17) is 4.74 Å². The van der Waals surface area contributed by atoms with Crippen molar-refractivity contribution in [3.63, 3.8) is 0 Å². The third-order valence-corrected chi connectivity index (χ3v) is 7.44. The van der Waals surface area contributed by atoms with Crippen LogP contribution in [0.5, 0.6) is 0 Å². The van der Waals surface area contributed by atoms with E-state index in [0.29, 0.717) is 0 Å². The second kappa shape index (κ2) is 10.3. The molecule has 0 radical (unpaired) electrons. The fourth-order valence-corrected chi connectivity index (χ4v) is 4.81. The first kappa shape index (κ1) is 26.3. The van der Waals surface area contributed by atoms with Crippen LogP contribution in [0, 0.1) is 0 Å². The lowest BCUT2D eigenvalue weighted by molar-refractivity contribution is -0.253. The lowest BCUT2D eigenvalue weighted by Gasteiger charge is -2.30. The molecule has 3 aromatic carbocycles. The number of alkyl halides is 3. The van der Waals surface area contributed by atoms with E-state index < -0.39 is 39.9 Å². The molecule has 0 aliphatic heterocycles. The van der Waals surface area contributed by atoms with Crippen LogP contribution in [-0.2, 0) is 33.7 Å². The lowest BCUT2D eigenvalue weighted by atomic mass is 9.92. The monoisotopic (exact) mass is 533 g/mol. The van der Waals surface area contributed by atoms with Crippen LogP contribution in [0.25, 0.3) is 0 Å². The summed E-state index contributed by atoms with van der Waals surface area (Å²) in [6, 6.07) is 20.8. The molecule has 1 aromatic heterocycles. The van der Waals surface area contributed by atoms with Gasteiger partial charge in [-0.15, -0.1) is 5.10 Å². The van der Waals surface area contributed by atoms with Gasteiger partial charge in [-0.3, -0.25) is 4.31 Å². The van der Waals surface area contributed by atoms with Crippen molar-refractivity contribution in [3.05, 3.63) is 102 Å². The Bertz CT molecular complexity index is 1430. The number of anilines is 1. The van der Waals surface area contributed by atoms with Gasteiger partial charge in [0, 0.05) is 12.6 Å². The molecule has 0 aliphatic carbocycles. The number of aromatic nitrogens is 4. The van der Waals surface area contributed by atoms with Gasteiger partial charge in [0.25, 0.3) is 10.0 Å². The Morgan fingerprint density at radius 2 is 1.54 bits per heavy atom. The molecule has 1 N–H and O–H groups in total. The minimum absolute atomic E-state index is 0.0167. The summed E-state index contributed by atoms with van der Waals surface area (Å²) >= 11 is 0. The van der Waals surface area contributed by atoms with Gasteiger partial charge in [0.05, 0.1) is 17.2 Å². The summed E-state index contributed by atoms with van der Waals surface area (Å²) in [4.78, 5) is 0.0167. The molecule has 9 nitrogen and oxygen atoms in total. The number of hydrogen-bond acceptors (Lipinski definition) is 7. The van der Waals surface area contributed by atoms with Crippen molar-refractivity contribution in [3.8, 4) is 0 Å². The number of ether oxygens (including phenoxy) is 1. The van der Waals surface area contributed by atoms with Crippen LogP contribution >= 0.6 is 0 Å². The van der Waals surface area contributed by atoms with Gasteiger partial charge in [-0.05, 0) is 40.3 Å². The number of benzene rings is 3. The normalized spacial score (nSPS) is 13.8. The number of rotatable bonds is 9. The number of nitrogens with zero attached hydrogens (tertiary/aromatic N) is 5. The highest BCUT2D eigenvalue weighted by Gasteiger charge is 2.60. The molecule has 37 heavy (non-hydrogen) atoms. The van der Waals surface area contributed by atoms with Crippen molar-refractivity contribution in [2.45, 2.75) is 30.0 Å². The van der Waals surface area contributed by atoms with Crippen molar-refractivity contribution in [2.75, 3.05) is 11.4 Å². The van der Waals surface area contributed by atoms with Crippen LogP contribution in [0.1, 0.15) is 17.0 Å². The molecule has 1 unspecified atom stereocenters. The van der Waals surface area contributed by atoms with Gasteiger partial charge in [-0.25, -0.2) is 8.42 Å². The molecule has 0 aliphatic rings. The van der Waals surface area contributed by atoms with Crippen LogP contribution < -0.4 is 4.31 Å². The van der Waals surface area contributed by atoms with Gasteiger partial charge in [-0.1, -0.05) is 60.7 Å². The summed E-state index contributed by atoms with van der Waals surface area (Å²) in [6.07, 6.45) is -5.22. The van der Waals surface area contributed by atoms with Gasteiger partial charge in [0.15, 0.2) is 5.82 Å². The van der Waals surface area contributed by atoms with E-state index in [0.717, 1.165) is 38.8 Å². The predicted molar refractivity (Wildman–Crippen MR) is 127 cm³/mol. The highest BCUT2D eigenvalue weighted by Crippen LogP contribution is 2.43. The Kier molecular flexibility index (Phi) is 7.30. The second-order valence-electron chi connectivity index (χ2n) is 8.01. The molecule has 0 amide bonds. The Hall–Kier alpha value is -3.81. The zero-order valence-electron chi connectivity index (χ0n) is 19.4. The molecule has 194 valence electrons. The summed E-state index contributed by atoms with van der Waals surface area (Å²) in [5.74, 6) is -0.897. The van der Waals surface area contributed by atoms with Crippen LogP contribution in [0.15, 0.2) is 89.8 Å². The second-order valence-corrected chi connectivity index (χ2v) is 9.98. The van der Waals surface area contributed by atoms with Gasteiger partial charge < -0.3 is 9.84 Å². The Morgan fingerprint density at radius 3 is 2.14 bits per heavy atom. The average Bonchev–Trinajstić information content (AvgIpc) is 3.37. The van der Waals surface area contributed by atoms with Crippen LogP contribution in [0.2, 0.25) is 0 Å². The van der Waals surface area contributed by atoms with E-state index in [2.05, 4.69) is 15.5 Å². The topological polar surface area (TPSA) is 110 Å². The fraction of sp³-hybridized carbons (Fsp3) is 0.208. The maximum atomic E-state index is 14.3. The van der Waals surface area contributed by atoms with Gasteiger partial charge in [0.2, 0.25) is 5.60 Å². The van der Waals surface area contributed by atoms with E-state index >= 15 is 0 Å². The van der Waals surface area contributed by atoms with Gasteiger partial charge in [0.1, 0.15) is 6.73 Å². The Labute approximate surface area is 210 Å². The molecule has 4 aromatic rings. The molecule has 4 rings (SSSR count). The molecular formula is C24H22F3N5O4S. The van der Waals surface area contributed by atoms with E-state index in [9.17, 15) is 26.7 Å². The minimum atomic E-state index is -5.22. The average molecular weight is 534 g/mol. The standard InChI is InChI=1S/C24H22F3N5O4S/c1-31(37(34,35)21-10-6-3-7-11-21)20-14-12-19(13-15-20)23(33,24(25,26)27)22-28-29-30-32(22)17-36-16-18-8-4-2-5-9-18/h2-15,33H,16-17H2,1H3. The number of sulfonamides is 1. The SMILES string of the molecule is CN(c1ccc(C(O)(c2nnnn2COCc2ccccc2)C(F)(F)F)cc1)S(=O)(=O)c1ccccc1.